The predicted molar refractivity (Wildman–Crippen MR) is 122 cm³/mol. The summed E-state index contributed by atoms with van der Waals surface area (Å²) < 4.78 is 7.33. The van der Waals surface area contributed by atoms with Gasteiger partial charge in [-0.05, 0) is 36.4 Å². The van der Waals surface area contributed by atoms with Gasteiger partial charge in [0.05, 0.1) is 38.1 Å². The number of halogens is 2. The Labute approximate surface area is 188 Å². The van der Waals surface area contributed by atoms with Crippen LogP contribution in [0.1, 0.15) is 5.56 Å². The second-order valence-corrected chi connectivity index (χ2v) is 8.04. The number of hydrogen-bond donors (Lipinski definition) is 1. The molecule has 1 N–H and O–H groups in total. The molecule has 0 radical (unpaired) electrons. The Hall–Kier alpha value is -2.87. The van der Waals surface area contributed by atoms with Gasteiger partial charge in [0.15, 0.2) is 11.1 Å². The van der Waals surface area contributed by atoms with Crippen LogP contribution < -0.4 is 10.4 Å². The molecule has 1 saturated heterocycles. The lowest BCUT2D eigenvalue weighted by Crippen LogP contribution is -2.36. The van der Waals surface area contributed by atoms with Gasteiger partial charge in [-0.25, -0.2) is 15.0 Å². The maximum atomic E-state index is 6.34. The predicted octanol–water partition coefficient (Wildman–Crippen LogP) is 4.18. The molecule has 5 rings (SSSR count). The van der Waals surface area contributed by atoms with Crippen molar-refractivity contribution in [3.63, 3.8) is 0 Å². The number of aromatic nitrogens is 4. The molecule has 0 aliphatic carbocycles. The van der Waals surface area contributed by atoms with Gasteiger partial charge in [0.25, 0.3) is 0 Å². The van der Waals surface area contributed by atoms with Crippen molar-refractivity contribution in [2.75, 3.05) is 31.2 Å². The Kier molecular flexibility index (Phi) is 5.63. The first-order chi connectivity index (χ1) is 15.2. The number of benzene rings is 2. The van der Waals surface area contributed by atoms with Gasteiger partial charge in [-0.15, -0.1) is 0 Å². The third kappa shape index (κ3) is 4.17. The summed E-state index contributed by atoms with van der Waals surface area (Å²) in [6.45, 7) is 3.79. The molecule has 0 saturated carbocycles. The summed E-state index contributed by atoms with van der Waals surface area (Å²) in [5.74, 6) is 0. The Balaban J connectivity index is 1.47. The lowest BCUT2D eigenvalue weighted by molar-refractivity contribution is 0.122. The van der Waals surface area contributed by atoms with Gasteiger partial charge < -0.3 is 19.2 Å². The van der Waals surface area contributed by atoms with Gasteiger partial charge in [0, 0.05) is 34.4 Å². The first-order valence-corrected chi connectivity index (χ1v) is 10.7. The molecule has 158 valence electrons. The van der Waals surface area contributed by atoms with Gasteiger partial charge in [-0.2, -0.15) is 0 Å². The van der Waals surface area contributed by atoms with E-state index in [-0.39, 0.29) is 0 Å². The third-order valence-electron chi connectivity index (χ3n) is 5.29. The Bertz CT molecular complexity index is 1260. The molecule has 4 aromatic rings. The van der Waals surface area contributed by atoms with E-state index in [0.717, 1.165) is 48.7 Å². The van der Waals surface area contributed by atoms with Crippen LogP contribution in [0.5, 0.6) is 0 Å². The highest BCUT2D eigenvalue weighted by molar-refractivity contribution is 6.36. The van der Waals surface area contributed by atoms with Crippen LogP contribution in [0.15, 0.2) is 60.1 Å². The molecule has 2 aromatic carbocycles. The second-order valence-electron chi connectivity index (χ2n) is 7.23. The van der Waals surface area contributed by atoms with E-state index in [4.69, 9.17) is 32.9 Å². The van der Waals surface area contributed by atoms with E-state index >= 15 is 0 Å². The van der Waals surface area contributed by atoms with E-state index in [1.54, 1.807) is 12.7 Å². The summed E-state index contributed by atoms with van der Waals surface area (Å²) in [5.41, 5.74) is 4.88. The normalized spacial score (nSPS) is 15.0. The van der Waals surface area contributed by atoms with E-state index in [2.05, 4.69) is 32.0 Å². The van der Waals surface area contributed by atoms with Crippen LogP contribution in [-0.2, 0) is 11.3 Å². The van der Waals surface area contributed by atoms with Crippen molar-refractivity contribution in [3.05, 3.63) is 76.2 Å². The minimum absolute atomic E-state index is 0.460. The van der Waals surface area contributed by atoms with Gasteiger partial charge in [-0.3, -0.25) is 0 Å². The second kappa shape index (κ2) is 8.70. The van der Waals surface area contributed by atoms with Crippen molar-refractivity contribution in [1.29, 1.82) is 0 Å². The molecule has 1 fully saturated rings. The quantitative estimate of drug-likeness (QED) is 0.501. The van der Waals surface area contributed by atoms with E-state index < -0.39 is 0 Å². The molecule has 1 aliphatic heterocycles. The van der Waals surface area contributed by atoms with E-state index in [0.29, 0.717) is 22.1 Å². The molecule has 3 heterocycles. The van der Waals surface area contributed by atoms with Crippen molar-refractivity contribution in [2.45, 2.75) is 6.54 Å². The summed E-state index contributed by atoms with van der Waals surface area (Å²) in [5, 5.41) is 1.22. The van der Waals surface area contributed by atoms with Crippen molar-refractivity contribution in [2.24, 2.45) is 4.99 Å². The summed E-state index contributed by atoms with van der Waals surface area (Å²) in [7, 11) is 0. The topological polar surface area (TPSA) is 71.3 Å². The molecule has 2 aromatic heterocycles. The lowest BCUT2D eigenvalue weighted by Gasteiger charge is -2.28. The number of morpholine rings is 1. The highest BCUT2D eigenvalue weighted by Crippen LogP contribution is 2.26. The van der Waals surface area contributed by atoms with Gasteiger partial charge in [0.1, 0.15) is 5.52 Å². The molecule has 7 nitrogen and oxygen atoms in total. The number of aromatic amines is 1. The van der Waals surface area contributed by atoms with Crippen LogP contribution in [0.4, 0.5) is 11.4 Å². The Morgan fingerprint density at radius 3 is 2.48 bits per heavy atom. The fourth-order valence-corrected chi connectivity index (χ4v) is 4.17. The fraction of sp³-hybridized carbons (Fsp3) is 0.227. The summed E-state index contributed by atoms with van der Waals surface area (Å²) in [6, 6.07) is 13.6. The highest BCUT2D eigenvalue weighted by Gasteiger charge is 2.12. The fourth-order valence-electron chi connectivity index (χ4n) is 3.65. The van der Waals surface area contributed by atoms with E-state index in [1.165, 1.54) is 5.69 Å². The average molecular weight is 455 g/mol. The van der Waals surface area contributed by atoms with Gasteiger partial charge >= 0.3 is 0 Å². The van der Waals surface area contributed by atoms with Crippen LogP contribution >= 0.6 is 23.2 Å². The van der Waals surface area contributed by atoms with Crippen LogP contribution in [0.3, 0.4) is 0 Å². The summed E-state index contributed by atoms with van der Waals surface area (Å²) >= 11 is 12.7. The molecular formula is C22H20Cl2N6O. The van der Waals surface area contributed by atoms with Gasteiger partial charge in [-0.1, -0.05) is 29.3 Å². The standard InChI is InChI=1S/C22H20Cl2N6O/c23-18-2-1-3-19(24)17(18)12-30-14-27-21(20-22(30)26-13-25-20)28-15-4-6-16(7-5-15)29-8-10-31-11-9-29/h1-7,13-14H,8-12H2,(H,25,26). The Morgan fingerprint density at radius 1 is 1.00 bits per heavy atom. The van der Waals surface area contributed by atoms with Crippen LogP contribution in [0.2, 0.25) is 10.0 Å². The summed E-state index contributed by atoms with van der Waals surface area (Å²) in [4.78, 5) is 19.2. The molecule has 0 bridgehead atoms. The maximum absolute atomic E-state index is 6.34. The molecule has 0 unspecified atom stereocenters. The molecule has 0 atom stereocenters. The monoisotopic (exact) mass is 454 g/mol. The number of ether oxygens (including phenoxy) is 1. The van der Waals surface area contributed by atoms with Crippen LogP contribution in [0, 0.1) is 0 Å². The number of anilines is 1. The first-order valence-electron chi connectivity index (χ1n) is 9.98. The van der Waals surface area contributed by atoms with Crippen LogP contribution in [-0.4, -0.2) is 45.8 Å². The number of nitrogens with zero attached hydrogens (tertiary/aromatic N) is 5. The number of fused-ring (bicyclic) bond motifs is 1. The summed E-state index contributed by atoms with van der Waals surface area (Å²) in [6.07, 6.45) is 3.35. The number of nitrogens with one attached hydrogen (secondary N) is 1. The Morgan fingerprint density at radius 2 is 1.74 bits per heavy atom. The molecular weight excluding hydrogens is 435 g/mol. The SMILES string of the molecule is Clc1cccc(Cl)c1Cn1cnc(=Nc2ccc(N3CCOCC3)cc2)c2[nH]cnc21. The number of H-pyrrole nitrogens is 1. The molecule has 0 amide bonds. The molecule has 1 aliphatic rings. The molecule has 9 heteroatoms. The number of rotatable bonds is 4. The zero-order valence-corrected chi connectivity index (χ0v) is 18.1. The molecule has 0 spiro atoms. The smallest absolute Gasteiger partial charge is 0.181 e. The minimum atomic E-state index is 0.460. The first kappa shape index (κ1) is 20.1. The van der Waals surface area contributed by atoms with Crippen molar-refractivity contribution in [1.82, 2.24) is 19.5 Å². The average Bonchev–Trinajstić information content (AvgIpc) is 3.29. The maximum Gasteiger partial charge on any atom is 0.181 e. The van der Waals surface area contributed by atoms with Crippen molar-refractivity contribution in [3.8, 4) is 0 Å². The van der Waals surface area contributed by atoms with E-state index in [9.17, 15) is 0 Å². The minimum Gasteiger partial charge on any atom is -0.378 e. The largest absolute Gasteiger partial charge is 0.378 e. The van der Waals surface area contributed by atoms with Crippen LogP contribution in [0.25, 0.3) is 11.2 Å². The lowest BCUT2D eigenvalue weighted by atomic mass is 10.2. The van der Waals surface area contributed by atoms with Crippen molar-refractivity contribution >= 4 is 45.7 Å². The molecule has 31 heavy (non-hydrogen) atoms. The third-order valence-corrected chi connectivity index (χ3v) is 5.99. The van der Waals surface area contributed by atoms with Gasteiger partial charge in [0.2, 0.25) is 0 Å². The zero-order valence-electron chi connectivity index (χ0n) is 16.6. The number of imidazole rings is 1. The number of hydrogen-bond acceptors (Lipinski definition) is 5. The highest BCUT2D eigenvalue weighted by atomic mass is 35.5. The van der Waals surface area contributed by atoms with Crippen molar-refractivity contribution < 1.29 is 4.74 Å². The van der Waals surface area contributed by atoms with E-state index in [1.807, 2.05) is 34.9 Å². The zero-order chi connectivity index (χ0) is 21.2.